The second-order valence-electron chi connectivity index (χ2n) is 6.91. The van der Waals surface area contributed by atoms with Gasteiger partial charge in [-0.2, -0.15) is 0 Å². The van der Waals surface area contributed by atoms with Crippen LogP contribution in [0, 0.1) is 6.92 Å². The van der Waals surface area contributed by atoms with Gasteiger partial charge < -0.3 is 15.4 Å². The number of benzene rings is 1. The minimum absolute atomic E-state index is 0. The van der Waals surface area contributed by atoms with Crippen LogP contribution in [-0.2, 0) is 11.3 Å². The number of ketones is 1. The number of hydrogen-bond donors (Lipinski definition) is 1. The number of halogens is 1. The van der Waals surface area contributed by atoms with E-state index in [1.54, 1.807) is 0 Å². The zero-order chi connectivity index (χ0) is 20.2. The van der Waals surface area contributed by atoms with Gasteiger partial charge in [-0.1, -0.05) is 11.8 Å². The molecule has 1 fully saturated rings. The van der Waals surface area contributed by atoms with E-state index in [9.17, 15) is 4.79 Å². The number of aryl methyl sites for hydroxylation is 1. The molecule has 0 amide bonds. The Labute approximate surface area is 190 Å². The van der Waals surface area contributed by atoms with E-state index in [1.807, 2.05) is 25.1 Å². The summed E-state index contributed by atoms with van der Waals surface area (Å²) in [4.78, 5) is 25.9. The van der Waals surface area contributed by atoms with Gasteiger partial charge in [0.25, 0.3) is 0 Å². The van der Waals surface area contributed by atoms with Gasteiger partial charge in [-0.15, -0.1) is 23.7 Å². The summed E-state index contributed by atoms with van der Waals surface area (Å²) in [5, 5.41) is 1.84. The molecule has 3 heterocycles. The highest BCUT2D eigenvalue weighted by molar-refractivity contribution is 8.00. The Balaban J connectivity index is 0.00000256. The van der Waals surface area contributed by atoms with E-state index in [0.717, 1.165) is 64.1 Å². The Morgan fingerprint density at radius 3 is 2.90 bits per heavy atom. The maximum absolute atomic E-state index is 12.6. The second-order valence-corrected chi connectivity index (χ2v) is 9.04. The summed E-state index contributed by atoms with van der Waals surface area (Å²) < 4.78 is 5.58. The van der Waals surface area contributed by atoms with Gasteiger partial charge in [0.05, 0.1) is 22.8 Å². The van der Waals surface area contributed by atoms with E-state index in [4.69, 9.17) is 10.5 Å². The number of carbonyl (C=O) groups excluding carboxylic acids is 1. The highest BCUT2D eigenvalue weighted by atomic mass is 35.5. The standard InChI is InChI=1S/C21H24N4O2S2.ClH/c1-14-23-18-5-3-15(25-7-2-9-27-10-8-25)11-17(18)21(24-14)28-13-19(26)20-6-4-16(12-22)29-20;/h3-6,11H,2,7-10,12-13,22H2,1H3;1H. The maximum Gasteiger partial charge on any atom is 0.183 e. The van der Waals surface area contributed by atoms with Crippen LogP contribution in [0.15, 0.2) is 35.4 Å². The zero-order valence-corrected chi connectivity index (χ0v) is 19.2. The molecule has 0 radical (unpaired) electrons. The lowest BCUT2D eigenvalue weighted by molar-refractivity contribution is 0.102. The van der Waals surface area contributed by atoms with Crippen molar-refractivity contribution in [2.75, 3.05) is 37.0 Å². The van der Waals surface area contributed by atoms with Crippen molar-refractivity contribution in [1.82, 2.24) is 9.97 Å². The Morgan fingerprint density at radius 2 is 2.10 bits per heavy atom. The summed E-state index contributed by atoms with van der Waals surface area (Å²) in [5.74, 6) is 1.16. The second kappa shape index (κ2) is 10.5. The molecule has 1 saturated heterocycles. The van der Waals surface area contributed by atoms with Gasteiger partial charge in [-0.3, -0.25) is 4.79 Å². The van der Waals surface area contributed by atoms with E-state index in [1.165, 1.54) is 23.1 Å². The van der Waals surface area contributed by atoms with Gasteiger partial charge in [-0.25, -0.2) is 9.97 Å². The molecule has 1 aliphatic heterocycles. The van der Waals surface area contributed by atoms with Crippen LogP contribution >= 0.6 is 35.5 Å². The summed E-state index contributed by atoms with van der Waals surface area (Å²) >= 11 is 2.94. The van der Waals surface area contributed by atoms with Gasteiger partial charge in [-0.05, 0) is 43.7 Å². The molecule has 9 heteroatoms. The number of ether oxygens (including phenoxy) is 1. The molecule has 30 heavy (non-hydrogen) atoms. The quantitative estimate of drug-likeness (QED) is 0.334. The van der Waals surface area contributed by atoms with Gasteiger partial charge >= 0.3 is 0 Å². The topological polar surface area (TPSA) is 81.3 Å². The summed E-state index contributed by atoms with van der Waals surface area (Å²) in [6.07, 6.45) is 1.02. The average molecular weight is 465 g/mol. The molecule has 0 bridgehead atoms. The number of rotatable bonds is 6. The lowest BCUT2D eigenvalue weighted by Gasteiger charge is -2.22. The number of hydrogen-bond acceptors (Lipinski definition) is 8. The lowest BCUT2D eigenvalue weighted by Crippen LogP contribution is -2.25. The molecule has 1 aliphatic rings. The molecular formula is C21H25ClN4O2S2. The average Bonchev–Trinajstić information content (AvgIpc) is 3.06. The number of Topliss-reactive ketones (excluding diaryl/α,β-unsaturated/α-hetero) is 1. The van der Waals surface area contributed by atoms with Crippen molar-refractivity contribution in [2.45, 2.75) is 24.9 Å². The van der Waals surface area contributed by atoms with Crippen LogP contribution in [0.1, 0.15) is 26.8 Å². The van der Waals surface area contributed by atoms with E-state index < -0.39 is 0 Å². The van der Waals surface area contributed by atoms with Crippen LogP contribution < -0.4 is 10.6 Å². The maximum atomic E-state index is 12.6. The molecule has 2 aromatic heterocycles. The van der Waals surface area contributed by atoms with E-state index in [2.05, 4.69) is 27.0 Å². The van der Waals surface area contributed by atoms with Crippen molar-refractivity contribution in [3.8, 4) is 0 Å². The van der Waals surface area contributed by atoms with E-state index in [-0.39, 0.29) is 18.2 Å². The molecular weight excluding hydrogens is 440 g/mol. The highest BCUT2D eigenvalue weighted by Gasteiger charge is 2.15. The van der Waals surface area contributed by atoms with Gasteiger partial charge in [0, 0.05) is 42.2 Å². The number of fused-ring (bicyclic) bond motifs is 1. The molecule has 160 valence electrons. The van der Waals surface area contributed by atoms with Crippen LogP contribution in [0.2, 0.25) is 0 Å². The molecule has 2 N–H and O–H groups in total. The first-order valence-corrected chi connectivity index (χ1v) is 11.5. The number of aromatic nitrogens is 2. The SMILES string of the molecule is Cc1nc(SCC(=O)c2ccc(CN)s2)c2cc(N3CCCOCC3)ccc2n1.Cl. The lowest BCUT2D eigenvalue weighted by atomic mass is 10.2. The summed E-state index contributed by atoms with van der Waals surface area (Å²) in [7, 11) is 0. The van der Waals surface area contributed by atoms with Crippen molar-refractivity contribution >= 4 is 57.9 Å². The van der Waals surface area contributed by atoms with Crippen LogP contribution in [0.25, 0.3) is 10.9 Å². The number of nitrogens with zero attached hydrogens (tertiary/aromatic N) is 3. The van der Waals surface area contributed by atoms with Crippen LogP contribution in [-0.4, -0.2) is 47.8 Å². The zero-order valence-electron chi connectivity index (χ0n) is 16.8. The summed E-state index contributed by atoms with van der Waals surface area (Å²) in [5.41, 5.74) is 7.71. The third-order valence-electron chi connectivity index (χ3n) is 4.82. The first-order valence-electron chi connectivity index (χ1n) is 9.70. The van der Waals surface area contributed by atoms with Gasteiger partial charge in [0.1, 0.15) is 10.9 Å². The molecule has 3 aromatic rings. The van der Waals surface area contributed by atoms with Crippen LogP contribution in [0.3, 0.4) is 0 Å². The fraction of sp³-hybridized carbons (Fsp3) is 0.381. The fourth-order valence-corrected chi connectivity index (χ4v) is 5.21. The minimum atomic E-state index is 0. The van der Waals surface area contributed by atoms with Crippen molar-refractivity contribution in [2.24, 2.45) is 5.73 Å². The number of carbonyl (C=O) groups is 1. The Kier molecular flexibility index (Phi) is 8.07. The Morgan fingerprint density at radius 1 is 1.23 bits per heavy atom. The third kappa shape index (κ3) is 5.31. The molecule has 0 spiro atoms. The number of anilines is 1. The fourth-order valence-electron chi connectivity index (χ4n) is 3.35. The predicted molar refractivity (Wildman–Crippen MR) is 126 cm³/mol. The van der Waals surface area contributed by atoms with Crippen molar-refractivity contribution in [3.63, 3.8) is 0 Å². The highest BCUT2D eigenvalue weighted by Crippen LogP contribution is 2.30. The van der Waals surface area contributed by atoms with Crippen molar-refractivity contribution in [3.05, 3.63) is 45.9 Å². The smallest absolute Gasteiger partial charge is 0.183 e. The summed E-state index contributed by atoms with van der Waals surface area (Å²) in [6.45, 7) is 5.75. The molecule has 0 unspecified atom stereocenters. The largest absolute Gasteiger partial charge is 0.380 e. The van der Waals surface area contributed by atoms with Crippen LogP contribution in [0.5, 0.6) is 0 Å². The van der Waals surface area contributed by atoms with E-state index >= 15 is 0 Å². The Hall–Kier alpha value is -1.71. The van der Waals surface area contributed by atoms with E-state index in [0.29, 0.717) is 18.1 Å². The van der Waals surface area contributed by atoms with Gasteiger partial charge in [0.15, 0.2) is 5.78 Å². The molecule has 4 rings (SSSR count). The van der Waals surface area contributed by atoms with Crippen molar-refractivity contribution < 1.29 is 9.53 Å². The minimum Gasteiger partial charge on any atom is -0.380 e. The monoisotopic (exact) mass is 464 g/mol. The number of thioether (sulfide) groups is 1. The summed E-state index contributed by atoms with van der Waals surface area (Å²) in [6, 6.07) is 10.1. The van der Waals surface area contributed by atoms with Crippen molar-refractivity contribution in [1.29, 1.82) is 0 Å². The first-order chi connectivity index (χ1) is 14.1. The Bertz CT molecular complexity index is 1020. The molecule has 6 nitrogen and oxygen atoms in total. The molecule has 1 aromatic carbocycles. The normalized spacial score (nSPS) is 14.4. The third-order valence-corrected chi connectivity index (χ3v) is 6.96. The molecule has 0 aliphatic carbocycles. The predicted octanol–water partition coefficient (Wildman–Crippen LogP) is 4.08. The van der Waals surface area contributed by atoms with Gasteiger partial charge in [0.2, 0.25) is 0 Å². The number of thiophene rings is 1. The molecule has 0 atom stereocenters. The molecule has 0 saturated carbocycles. The first kappa shape index (κ1) is 23.0. The number of nitrogens with two attached hydrogens (primary N) is 1. The van der Waals surface area contributed by atoms with Crippen LogP contribution in [0.4, 0.5) is 5.69 Å².